The molecule has 0 aromatic carbocycles. The Morgan fingerprint density at radius 1 is 1.50 bits per heavy atom. The average Bonchev–Trinajstić information content (AvgIpc) is 2.82. The Bertz CT molecular complexity index is 384. The Morgan fingerprint density at radius 2 is 2.44 bits per heavy atom. The minimum Gasteiger partial charge on any atom is -0.381 e. The van der Waals surface area contributed by atoms with E-state index in [0.717, 1.165) is 32.6 Å². The maximum atomic E-state index is 5.62. The van der Waals surface area contributed by atoms with Crippen LogP contribution in [-0.2, 0) is 11.3 Å². The van der Waals surface area contributed by atoms with E-state index < -0.39 is 0 Å². The van der Waals surface area contributed by atoms with Crippen molar-refractivity contribution in [2.24, 2.45) is 5.92 Å². The molecule has 0 aliphatic carbocycles. The fourth-order valence-corrected chi connectivity index (χ4v) is 3.30. The monoisotopic (exact) mass is 247 g/mol. The molecule has 2 aliphatic rings. The second kappa shape index (κ2) is 5.34. The van der Waals surface area contributed by atoms with Crippen molar-refractivity contribution >= 4 is 0 Å². The topological polar surface area (TPSA) is 37.4 Å². The quantitative estimate of drug-likeness (QED) is 0.861. The first kappa shape index (κ1) is 12.1. The largest absolute Gasteiger partial charge is 0.381 e. The number of methoxy groups -OCH3 is 1. The van der Waals surface area contributed by atoms with Crippen molar-refractivity contribution < 1.29 is 4.74 Å². The lowest BCUT2D eigenvalue weighted by Crippen LogP contribution is -2.48. The molecule has 0 radical (unpaired) electrons. The summed E-state index contributed by atoms with van der Waals surface area (Å²) in [5.41, 5.74) is 1.30. The molecule has 2 aliphatic heterocycles. The van der Waals surface area contributed by atoms with E-state index in [-0.39, 0.29) is 0 Å². The Hall–Kier alpha value is -0.970. The molecule has 1 N–H and O–H groups in total. The summed E-state index contributed by atoms with van der Waals surface area (Å²) in [6, 6.07) is 4.76. The molecule has 98 valence electrons. The van der Waals surface area contributed by atoms with Gasteiger partial charge in [-0.2, -0.15) is 0 Å². The number of pyridine rings is 1. The van der Waals surface area contributed by atoms with Gasteiger partial charge in [-0.25, -0.2) is 0 Å². The number of hydrogen-bond acceptors (Lipinski definition) is 4. The van der Waals surface area contributed by atoms with Crippen molar-refractivity contribution in [1.29, 1.82) is 0 Å². The fraction of sp³-hybridized carbons (Fsp3) is 0.643. The number of aromatic nitrogens is 1. The normalized spacial score (nSPS) is 32.4. The summed E-state index contributed by atoms with van der Waals surface area (Å²) in [6.07, 6.45) is 5.35. The average molecular weight is 247 g/mol. The van der Waals surface area contributed by atoms with Crippen molar-refractivity contribution in [2.75, 3.05) is 26.7 Å². The number of rotatable bonds is 3. The summed E-state index contributed by atoms with van der Waals surface area (Å²) in [7, 11) is 1.84. The molecule has 3 rings (SSSR count). The summed E-state index contributed by atoms with van der Waals surface area (Å²) >= 11 is 0. The van der Waals surface area contributed by atoms with Crippen molar-refractivity contribution in [3.05, 3.63) is 30.1 Å². The molecule has 0 amide bonds. The minimum absolute atomic E-state index is 0.426. The fourth-order valence-electron chi connectivity index (χ4n) is 3.30. The second-order valence-corrected chi connectivity index (χ2v) is 5.34. The molecule has 3 heterocycles. The van der Waals surface area contributed by atoms with Gasteiger partial charge in [-0.3, -0.25) is 9.88 Å². The van der Waals surface area contributed by atoms with Crippen molar-refractivity contribution in [2.45, 2.75) is 25.1 Å². The molecule has 0 bridgehead atoms. The van der Waals surface area contributed by atoms with Gasteiger partial charge in [0.15, 0.2) is 0 Å². The number of piperidine rings is 1. The molecule has 2 saturated heterocycles. The predicted molar refractivity (Wildman–Crippen MR) is 70.2 cm³/mol. The van der Waals surface area contributed by atoms with E-state index in [4.69, 9.17) is 4.74 Å². The summed E-state index contributed by atoms with van der Waals surface area (Å²) in [5, 5.41) is 3.62. The van der Waals surface area contributed by atoms with E-state index in [2.05, 4.69) is 21.3 Å². The molecule has 0 unspecified atom stereocenters. The van der Waals surface area contributed by atoms with Gasteiger partial charge in [0, 0.05) is 51.1 Å². The van der Waals surface area contributed by atoms with Gasteiger partial charge in [-0.15, -0.1) is 0 Å². The zero-order chi connectivity index (χ0) is 12.4. The Labute approximate surface area is 108 Å². The molecular formula is C14H21N3O. The standard InChI is InChI=1S/C14H21N3O/c1-18-14-4-6-16-13-10-17(9-12(13)14)8-11-3-2-5-15-7-11/h2-3,5,7,12-14,16H,4,6,8-10H2,1H3/t12-,13+,14-/m0/s1. The van der Waals surface area contributed by atoms with Gasteiger partial charge in [-0.1, -0.05) is 6.07 Å². The van der Waals surface area contributed by atoms with Crippen LogP contribution < -0.4 is 5.32 Å². The molecule has 1 aromatic rings. The highest BCUT2D eigenvalue weighted by Gasteiger charge is 2.40. The highest BCUT2D eigenvalue weighted by molar-refractivity contribution is 5.09. The first-order chi connectivity index (χ1) is 8.86. The minimum atomic E-state index is 0.426. The smallest absolute Gasteiger partial charge is 0.0639 e. The molecular weight excluding hydrogens is 226 g/mol. The maximum Gasteiger partial charge on any atom is 0.0639 e. The third kappa shape index (κ3) is 2.41. The molecule has 2 fully saturated rings. The third-order valence-electron chi connectivity index (χ3n) is 4.19. The Kier molecular flexibility index (Phi) is 3.59. The van der Waals surface area contributed by atoms with Crippen LogP contribution in [-0.4, -0.2) is 48.8 Å². The third-order valence-corrected chi connectivity index (χ3v) is 4.19. The number of likely N-dealkylation sites (tertiary alicyclic amines) is 1. The van der Waals surface area contributed by atoms with Gasteiger partial charge in [0.05, 0.1) is 6.10 Å². The van der Waals surface area contributed by atoms with Crippen molar-refractivity contribution in [3.8, 4) is 0 Å². The van der Waals surface area contributed by atoms with E-state index in [1.807, 2.05) is 25.6 Å². The van der Waals surface area contributed by atoms with Gasteiger partial charge in [0.2, 0.25) is 0 Å². The lowest BCUT2D eigenvalue weighted by molar-refractivity contribution is 0.0241. The van der Waals surface area contributed by atoms with Gasteiger partial charge in [0.25, 0.3) is 0 Å². The first-order valence-electron chi connectivity index (χ1n) is 6.74. The van der Waals surface area contributed by atoms with Crippen LogP contribution in [0.25, 0.3) is 0 Å². The zero-order valence-corrected chi connectivity index (χ0v) is 10.9. The van der Waals surface area contributed by atoms with Crippen molar-refractivity contribution in [1.82, 2.24) is 15.2 Å². The molecule has 0 spiro atoms. The van der Waals surface area contributed by atoms with Crippen molar-refractivity contribution in [3.63, 3.8) is 0 Å². The molecule has 3 atom stereocenters. The number of fused-ring (bicyclic) bond motifs is 1. The van der Waals surface area contributed by atoms with Crippen LogP contribution in [0, 0.1) is 5.92 Å². The molecule has 18 heavy (non-hydrogen) atoms. The lowest BCUT2D eigenvalue weighted by atomic mass is 9.91. The SMILES string of the molecule is CO[C@H]1CCN[C@@H]2CN(Cc3cccnc3)C[C@H]12. The van der Waals surface area contributed by atoms with Gasteiger partial charge in [-0.05, 0) is 24.6 Å². The highest BCUT2D eigenvalue weighted by atomic mass is 16.5. The summed E-state index contributed by atoms with van der Waals surface area (Å²) in [6.45, 7) is 4.34. The van der Waals surface area contributed by atoms with Crippen LogP contribution in [0.3, 0.4) is 0 Å². The molecule has 4 heteroatoms. The van der Waals surface area contributed by atoms with E-state index in [1.54, 1.807) is 0 Å². The van der Waals surface area contributed by atoms with Crippen LogP contribution in [0.2, 0.25) is 0 Å². The van der Waals surface area contributed by atoms with E-state index in [9.17, 15) is 0 Å². The maximum absolute atomic E-state index is 5.62. The highest BCUT2D eigenvalue weighted by Crippen LogP contribution is 2.28. The van der Waals surface area contributed by atoms with Gasteiger partial charge in [0.1, 0.15) is 0 Å². The van der Waals surface area contributed by atoms with Crippen LogP contribution in [0.15, 0.2) is 24.5 Å². The van der Waals surface area contributed by atoms with Gasteiger partial charge >= 0.3 is 0 Å². The molecule has 4 nitrogen and oxygen atoms in total. The zero-order valence-electron chi connectivity index (χ0n) is 10.9. The van der Waals surface area contributed by atoms with Gasteiger partial charge < -0.3 is 10.1 Å². The van der Waals surface area contributed by atoms with Crippen LogP contribution in [0.5, 0.6) is 0 Å². The molecule has 1 aromatic heterocycles. The summed E-state index contributed by atoms with van der Waals surface area (Å²) in [5.74, 6) is 0.639. The molecule has 0 saturated carbocycles. The van der Waals surface area contributed by atoms with E-state index in [1.165, 1.54) is 5.56 Å². The van der Waals surface area contributed by atoms with Crippen LogP contribution in [0.1, 0.15) is 12.0 Å². The number of nitrogens with zero attached hydrogens (tertiary/aromatic N) is 2. The predicted octanol–water partition coefficient (Wildman–Crippen LogP) is 0.890. The second-order valence-electron chi connectivity index (χ2n) is 5.34. The van der Waals surface area contributed by atoms with Crippen LogP contribution in [0.4, 0.5) is 0 Å². The Balaban J connectivity index is 1.64. The number of nitrogens with one attached hydrogen (secondary N) is 1. The van der Waals surface area contributed by atoms with E-state index in [0.29, 0.717) is 18.1 Å². The summed E-state index contributed by atoms with van der Waals surface area (Å²) < 4.78 is 5.62. The van der Waals surface area contributed by atoms with E-state index >= 15 is 0 Å². The number of hydrogen-bond donors (Lipinski definition) is 1. The van der Waals surface area contributed by atoms with Crippen LogP contribution >= 0.6 is 0 Å². The Morgan fingerprint density at radius 3 is 3.22 bits per heavy atom. The first-order valence-corrected chi connectivity index (χ1v) is 6.74. The number of ether oxygens (including phenoxy) is 1. The lowest BCUT2D eigenvalue weighted by Gasteiger charge is -2.32. The summed E-state index contributed by atoms with van der Waals surface area (Å²) in [4.78, 5) is 6.69.